The second kappa shape index (κ2) is 6.45. The van der Waals surface area contributed by atoms with Crippen molar-refractivity contribution < 1.29 is 9.18 Å². The van der Waals surface area contributed by atoms with E-state index in [0.717, 1.165) is 0 Å². The highest BCUT2D eigenvalue weighted by atomic mass is 19.1. The number of carbonyl (C=O) groups excluding carboxylic acids is 1. The van der Waals surface area contributed by atoms with Crippen LogP contribution < -0.4 is 11.1 Å². The summed E-state index contributed by atoms with van der Waals surface area (Å²) in [6, 6.07) is 7.95. The Hall–Kier alpha value is -3.29. The minimum Gasteiger partial charge on any atom is -0.387 e. The van der Waals surface area contributed by atoms with Crippen molar-refractivity contribution in [3.8, 4) is 0 Å². The summed E-state index contributed by atoms with van der Waals surface area (Å²) in [6.45, 7) is 0.191. The van der Waals surface area contributed by atoms with Crippen molar-refractivity contribution >= 4 is 17.4 Å². The SMILES string of the molecule is N=C(N)Cc1ccc(CNC(=O)c2ccc3nncn3c2)cc1F. The van der Waals surface area contributed by atoms with Crippen molar-refractivity contribution in [3.05, 3.63) is 65.4 Å². The van der Waals surface area contributed by atoms with Gasteiger partial charge in [-0.05, 0) is 29.3 Å². The first kappa shape index (κ1) is 15.6. The quantitative estimate of drug-likeness (QED) is 0.484. The van der Waals surface area contributed by atoms with Crippen LogP contribution in [0.4, 0.5) is 4.39 Å². The average molecular weight is 326 g/mol. The van der Waals surface area contributed by atoms with E-state index in [4.69, 9.17) is 11.1 Å². The molecule has 2 heterocycles. The second-order valence-electron chi connectivity index (χ2n) is 5.32. The first-order valence-electron chi connectivity index (χ1n) is 7.21. The van der Waals surface area contributed by atoms with E-state index >= 15 is 0 Å². The van der Waals surface area contributed by atoms with Gasteiger partial charge in [-0.15, -0.1) is 10.2 Å². The molecule has 0 radical (unpaired) electrons. The summed E-state index contributed by atoms with van der Waals surface area (Å²) in [6.07, 6.45) is 3.20. The standard InChI is InChI=1S/C16H15FN6O/c17-13-5-10(1-2-11(13)6-14(18)19)7-20-16(24)12-3-4-15-22-21-9-23(15)8-12/h1-5,8-9H,6-7H2,(H3,18,19)(H,20,24). The van der Waals surface area contributed by atoms with Gasteiger partial charge in [-0.2, -0.15) is 0 Å². The normalized spacial score (nSPS) is 10.7. The molecule has 2 aromatic heterocycles. The third-order valence-electron chi connectivity index (χ3n) is 3.50. The van der Waals surface area contributed by atoms with Crippen molar-refractivity contribution in [2.75, 3.05) is 0 Å². The highest BCUT2D eigenvalue weighted by Gasteiger charge is 2.09. The molecule has 0 aliphatic carbocycles. The fourth-order valence-electron chi connectivity index (χ4n) is 2.30. The van der Waals surface area contributed by atoms with E-state index in [1.165, 1.54) is 12.4 Å². The van der Waals surface area contributed by atoms with Gasteiger partial charge in [-0.25, -0.2) is 4.39 Å². The maximum absolute atomic E-state index is 13.9. The third-order valence-corrected chi connectivity index (χ3v) is 3.50. The molecular formula is C16H15FN6O. The number of amidine groups is 1. The Morgan fingerprint density at radius 3 is 2.92 bits per heavy atom. The zero-order chi connectivity index (χ0) is 17.1. The number of rotatable bonds is 5. The van der Waals surface area contributed by atoms with Crippen LogP contribution in [-0.2, 0) is 13.0 Å². The van der Waals surface area contributed by atoms with Gasteiger partial charge in [0, 0.05) is 19.2 Å². The van der Waals surface area contributed by atoms with Crippen LogP contribution in [0.2, 0.25) is 0 Å². The van der Waals surface area contributed by atoms with Gasteiger partial charge in [0.2, 0.25) is 0 Å². The van der Waals surface area contributed by atoms with E-state index in [0.29, 0.717) is 22.3 Å². The minimum absolute atomic E-state index is 0.0669. The van der Waals surface area contributed by atoms with E-state index in [1.54, 1.807) is 34.9 Å². The van der Waals surface area contributed by atoms with E-state index in [-0.39, 0.29) is 24.7 Å². The summed E-state index contributed by atoms with van der Waals surface area (Å²) >= 11 is 0. The molecule has 0 saturated heterocycles. The predicted octanol–water partition coefficient (Wildman–Crippen LogP) is 1.28. The molecule has 0 atom stereocenters. The molecule has 3 aromatic rings. The number of pyridine rings is 1. The number of nitrogens with zero attached hydrogens (tertiary/aromatic N) is 3. The summed E-state index contributed by atoms with van der Waals surface area (Å²) in [5.74, 6) is -0.819. The van der Waals surface area contributed by atoms with Gasteiger partial charge in [0.1, 0.15) is 12.1 Å². The largest absolute Gasteiger partial charge is 0.387 e. The summed E-state index contributed by atoms with van der Waals surface area (Å²) in [4.78, 5) is 12.2. The molecule has 0 fully saturated rings. The Morgan fingerprint density at radius 1 is 1.33 bits per heavy atom. The molecule has 0 spiro atoms. The lowest BCUT2D eigenvalue weighted by Gasteiger charge is -2.08. The zero-order valence-electron chi connectivity index (χ0n) is 12.7. The van der Waals surface area contributed by atoms with Crippen molar-refractivity contribution in [1.29, 1.82) is 5.41 Å². The summed E-state index contributed by atoms with van der Waals surface area (Å²) in [5.41, 5.74) is 7.36. The van der Waals surface area contributed by atoms with Gasteiger partial charge in [-0.1, -0.05) is 12.1 Å². The first-order chi connectivity index (χ1) is 11.5. The first-order valence-corrected chi connectivity index (χ1v) is 7.21. The predicted molar refractivity (Wildman–Crippen MR) is 86.2 cm³/mol. The van der Waals surface area contributed by atoms with Gasteiger partial charge in [0.15, 0.2) is 5.65 Å². The van der Waals surface area contributed by atoms with Crippen LogP contribution in [0, 0.1) is 11.2 Å². The lowest BCUT2D eigenvalue weighted by Crippen LogP contribution is -2.23. The molecule has 0 aliphatic rings. The molecule has 0 bridgehead atoms. The smallest absolute Gasteiger partial charge is 0.253 e. The molecule has 24 heavy (non-hydrogen) atoms. The molecule has 3 rings (SSSR count). The molecule has 122 valence electrons. The molecule has 0 saturated carbocycles. The monoisotopic (exact) mass is 326 g/mol. The van der Waals surface area contributed by atoms with Crippen molar-refractivity contribution in [3.63, 3.8) is 0 Å². The van der Waals surface area contributed by atoms with Crippen molar-refractivity contribution in [2.24, 2.45) is 5.73 Å². The number of nitrogens with one attached hydrogen (secondary N) is 2. The number of nitrogens with two attached hydrogens (primary N) is 1. The Morgan fingerprint density at radius 2 is 2.17 bits per heavy atom. The fourth-order valence-corrected chi connectivity index (χ4v) is 2.30. The van der Waals surface area contributed by atoms with Gasteiger partial charge < -0.3 is 11.1 Å². The molecule has 7 nitrogen and oxygen atoms in total. The highest BCUT2D eigenvalue weighted by molar-refractivity contribution is 5.94. The molecule has 8 heteroatoms. The van der Waals surface area contributed by atoms with Crippen LogP contribution in [0.5, 0.6) is 0 Å². The van der Waals surface area contributed by atoms with Crippen LogP contribution in [-0.4, -0.2) is 26.3 Å². The van der Waals surface area contributed by atoms with E-state index in [2.05, 4.69) is 15.5 Å². The van der Waals surface area contributed by atoms with E-state index in [1.807, 2.05) is 0 Å². The zero-order valence-corrected chi connectivity index (χ0v) is 12.7. The molecule has 1 amide bonds. The van der Waals surface area contributed by atoms with Crippen LogP contribution >= 0.6 is 0 Å². The maximum Gasteiger partial charge on any atom is 0.253 e. The average Bonchev–Trinajstić information content (AvgIpc) is 3.02. The molecule has 0 aliphatic heterocycles. The minimum atomic E-state index is -0.442. The Kier molecular flexibility index (Phi) is 4.19. The number of amides is 1. The summed E-state index contributed by atoms with van der Waals surface area (Å²) in [5, 5.41) is 17.6. The number of aromatic nitrogens is 3. The van der Waals surface area contributed by atoms with Crippen LogP contribution in [0.15, 0.2) is 42.9 Å². The van der Waals surface area contributed by atoms with Gasteiger partial charge in [-0.3, -0.25) is 14.6 Å². The Bertz CT molecular complexity index is 920. The third kappa shape index (κ3) is 3.37. The Labute approximate surface area is 136 Å². The topological polar surface area (TPSA) is 109 Å². The van der Waals surface area contributed by atoms with Crippen molar-refractivity contribution in [1.82, 2.24) is 19.9 Å². The number of halogens is 1. The van der Waals surface area contributed by atoms with Crippen LogP contribution in [0.3, 0.4) is 0 Å². The fraction of sp³-hybridized carbons (Fsp3) is 0.125. The molecule has 1 aromatic carbocycles. The number of fused-ring (bicyclic) bond motifs is 1. The highest BCUT2D eigenvalue weighted by Crippen LogP contribution is 2.11. The van der Waals surface area contributed by atoms with Crippen LogP contribution in [0.1, 0.15) is 21.5 Å². The lowest BCUT2D eigenvalue weighted by molar-refractivity contribution is 0.0950. The van der Waals surface area contributed by atoms with Gasteiger partial charge in [0.25, 0.3) is 5.91 Å². The molecule has 4 N–H and O–H groups in total. The van der Waals surface area contributed by atoms with Gasteiger partial charge in [0.05, 0.1) is 11.4 Å². The number of carbonyl (C=O) groups is 1. The van der Waals surface area contributed by atoms with E-state index < -0.39 is 5.82 Å². The van der Waals surface area contributed by atoms with Crippen LogP contribution in [0.25, 0.3) is 5.65 Å². The second-order valence-corrected chi connectivity index (χ2v) is 5.32. The molecular weight excluding hydrogens is 311 g/mol. The van der Waals surface area contributed by atoms with Gasteiger partial charge >= 0.3 is 0 Å². The lowest BCUT2D eigenvalue weighted by atomic mass is 10.1. The number of benzene rings is 1. The Balaban J connectivity index is 1.67. The number of hydrogen-bond donors (Lipinski definition) is 3. The maximum atomic E-state index is 13.9. The summed E-state index contributed by atoms with van der Waals surface area (Å²) < 4.78 is 15.6. The summed E-state index contributed by atoms with van der Waals surface area (Å²) in [7, 11) is 0. The van der Waals surface area contributed by atoms with Crippen molar-refractivity contribution in [2.45, 2.75) is 13.0 Å². The number of hydrogen-bond acceptors (Lipinski definition) is 4. The van der Waals surface area contributed by atoms with E-state index in [9.17, 15) is 9.18 Å². The molecule has 0 unspecified atom stereocenters.